The fourth-order valence-corrected chi connectivity index (χ4v) is 2.46. The lowest BCUT2D eigenvalue weighted by atomic mass is 9.90. The Hall–Kier alpha value is -0.800. The second kappa shape index (κ2) is 2.84. The molecule has 0 spiro atoms. The van der Waals surface area contributed by atoms with Crippen molar-refractivity contribution in [2.45, 2.75) is 31.8 Å². The van der Waals surface area contributed by atoms with Crippen LogP contribution in [-0.4, -0.2) is 18.6 Å². The minimum absolute atomic E-state index is 0.187. The summed E-state index contributed by atoms with van der Waals surface area (Å²) in [5.41, 5.74) is 15.5. The quantitative estimate of drug-likeness (QED) is 0.598. The lowest BCUT2D eigenvalue weighted by Gasteiger charge is -2.20. The van der Waals surface area contributed by atoms with Crippen LogP contribution in [0.5, 0.6) is 0 Å². The van der Waals surface area contributed by atoms with Crippen molar-refractivity contribution < 1.29 is 0 Å². The topological polar surface area (TPSA) is 64.1 Å². The summed E-state index contributed by atoms with van der Waals surface area (Å²) in [5.74, 6) is 0.536. The fraction of sp³-hybridized carbons (Fsp3) is 0.636. The van der Waals surface area contributed by atoms with Crippen molar-refractivity contribution in [2.24, 2.45) is 17.4 Å². The SMILES string of the molecule is CNC1C2=C(N)C=C(C(C)C)CC21N. The van der Waals surface area contributed by atoms with E-state index in [0.717, 1.165) is 12.1 Å². The Morgan fingerprint density at radius 1 is 1.57 bits per heavy atom. The number of rotatable bonds is 2. The van der Waals surface area contributed by atoms with Gasteiger partial charge in [0.15, 0.2) is 0 Å². The molecule has 0 aromatic rings. The summed E-state index contributed by atoms with van der Waals surface area (Å²) in [5, 5.41) is 3.22. The van der Waals surface area contributed by atoms with Crippen LogP contribution < -0.4 is 16.8 Å². The third-order valence-electron chi connectivity index (χ3n) is 3.40. The van der Waals surface area contributed by atoms with Gasteiger partial charge < -0.3 is 16.8 Å². The summed E-state index contributed by atoms with van der Waals surface area (Å²) in [4.78, 5) is 0. The van der Waals surface area contributed by atoms with Gasteiger partial charge in [-0.15, -0.1) is 0 Å². The lowest BCUT2D eigenvalue weighted by Crippen LogP contribution is -2.34. The monoisotopic (exact) mass is 193 g/mol. The lowest BCUT2D eigenvalue weighted by molar-refractivity contribution is 0.565. The largest absolute Gasteiger partial charge is 0.399 e. The van der Waals surface area contributed by atoms with Gasteiger partial charge in [-0.3, -0.25) is 0 Å². The van der Waals surface area contributed by atoms with E-state index in [1.807, 2.05) is 7.05 Å². The number of fused-ring (bicyclic) bond motifs is 1. The second-order valence-electron chi connectivity index (χ2n) is 4.68. The van der Waals surface area contributed by atoms with E-state index in [-0.39, 0.29) is 11.6 Å². The van der Waals surface area contributed by atoms with E-state index >= 15 is 0 Å². The van der Waals surface area contributed by atoms with Crippen molar-refractivity contribution in [3.8, 4) is 0 Å². The van der Waals surface area contributed by atoms with Gasteiger partial charge in [-0.2, -0.15) is 0 Å². The van der Waals surface area contributed by atoms with Gasteiger partial charge in [-0.1, -0.05) is 19.4 Å². The number of nitrogens with two attached hydrogens (primary N) is 2. The minimum Gasteiger partial charge on any atom is -0.399 e. The van der Waals surface area contributed by atoms with E-state index in [1.165, 1.54) is 11.1 Å². The molecule has 0 aromatic carbocycles. The maximum atomic E-state index is 6.28. The first-order valence-electron chi connectivity index (χ1n) is 5.17. The highest BCUT2D eigenvalue weighted by Crippen LogP contribution is 2.50. The molecule has 2 atom stereocenters. The molecule has 2 rings (SSSR count). The van der Waals surface area contributed by atoms with Crippen LogP contribution in [-0.2, 0) is 0 Å². The van der Waals surface area contributed by atoms with Gasteiger partial charge in [0, 0.05) is 5.70 Å². The second-order valence-corrected chi connectivity index (χ2v) is 4.68. The fourth-order valence-electron chi connectivity index (χ4n) is 2.46. The van der Waals surface area contributed by atoms with Crippen molar-refractivity contribution >= 4 is 0 Å². The Morgan fingerprint density at radius 3 is 2.71 bits per heavy atom. The molecular formula is C11H19N3. The first-order chi connectivity index (χ1) is 6.50. The molecule has 3 nitrogen and oxygen atoms in total. The van der Waals surface area contributed by atoms with Crippen LogP contribution in [0.4, 0.5) is 0 Å². The number of hydrogen-bond donors (Lipinski definition) is 3. The third-order valence-corrected chi connectivity index (χ3v) is 3.40. The summed E-state index contributed by atoms with van der Waals surface area (Å²) in [6, 6.07) is 0.287. The molecule has 1 fully saturated rings. The smallest absolute Gasteiger partial charge is 0.0642 e. The summed E-state index contributed by atoms with van der Waals surface area (Å²) in [6.45, 7) is 4.37. The zero-order valence-corrected chi connectivity index (χ0v) is 9.09. The molecule has 0 saturated heterocycles. The highest BCUT2D eigenvalue weighted by Gasteiger charge is 2.59. The Morgan fingerprint density at radius 2 is 2.21 bits per heavy atom. The molecule has 0 heterocycles. The van der Waals surface area contributed by atoms with E-state index in [9.17, 15) is 0 Å². The summed E-state index contributed by atoms with van der Waals surface area (Å²) in [6.07, 6.45) is 3.05. The summed E-state index contributed by atoms with van der Waals surface area (Å²) in [7, 11) is 1.94. The van der Waals surface area contributed by atoms with Gasteiger partial charge in [0.1, 0.15) is 0 Å². The number of hydrogen-bond acceptors (Lipinski definition) is 3. The summed E-state index contributed by atoms with van der Waals surface area (Å²) >= 11 is 0. The van der Waals surface area contributed by atoms with Crippen molar-refractivity contribution in [2.75, 3.05) is 7.05 Å². The predicted molar refractivity (Wildman–Crippen MR) is 58.5 cm³/mol. The predicted octanol–water partition coefficient (Wildman–Crippen LogP) is 0.484. The Kier molecular flexibility index (Phi) is 1.98. The maximum absolute atomic E-state index is 6.28. The maximum Gasteiger partial charge on any atom is 0.0642 e. The van der Waals surface area contributed by atoms with Crippen LogP contribution in [0.1, 0.15) is 20.3 Å². The number of likely N-dealkylation sites (N-methyl/N-ethyl adjacent to an activating group) is 1. The molecule has 0 aromatic heterocycles. The molecule has 5 N–H and O–H groups in total. The van der Waals surface area contributed by atoms with Crippen LogP contribution in [0.25, 0.3) is 0 Å². The Balaban J connectivity index is 2.29. The standard InChI is InChI=1S/C11H19N3/c1-6(2)7-4-8(12)9-10(14-3)11(9,13)5-7/h4,6,10,14H,5,12-13H2,1-3H3. The van der Waals surface area contributed by atoms with E-state index < -0.39 is 0 Å². The van der Waals surface area contributed by atoms with Crippen molar-refractivity contribution in [1.82, 2.24) is 5.32 Å². The zero-order valence-electron chi connectivity index (χ0n) is 9.09. The molecule has 2 aliphatic rings. The van der Waals surface area contributed by atoms with Gasteiger partial charge in [0.2, 0.25) is 0 Å². The van der Waals surface area contributed by atoms with E-state index in [2.05, 4.69) is 25.2 Å². The Bertz CT molecular complexity index is 327. The van der Waals surface area contributed by atoms with Gasteiger partial charge in [-0.05, 0) is 31.0 Å². The number of allylic oxidation sites excluding steroid dienone is 1. The van der Waals surface area contributed by atoms with Crippen LogP contribution in [0, 0.1) is 5.92 Å². The van der Waals surface area contributed by atoms with E-state index in [0.29, 0.717) is 5.92 Å². The zero-order chi connectivity index (χ0) is 10.5. The van der Waals surface area contributed by atoms with Crippen LogP contribution in [0.15, 0.2) is 22.9 Å². The molecule has 2 unspecified atom stereocenters. The van der Waals surface area contributed by atoms with Gasteiger partial charge in [0.05, 0.1) is 11.6 Å². The van der Waals surface area contributed by atoms with Crippen LogP contribution >= 0.6 is 0 Å². The first kappa shape index (κ1) is 9.74. The normalized spacial score (nSPS) is 35.8. The van der Waals surface area contributed by atoms with Crippen LogP contribution in [0.2, 0.25) is 0 Å². The van der Waals surface area contributed by atoms with Gasteiger partial charge in [-0.25, -0.2) is 0 Å². The van der Waals surface area contributed by atoms with Crippen molar-refractivity contribution in [3.05, 3.63) is 22.9 Å². The van der Waals surface area contributed by atoms with Gasteiger partial charge in [0.25, 0.3) is 0 Å². The highest BCUT2D eigenvalue weighted by atomic mass is 15.1. The molecule has 0 aliphatic heterocycles. The van der Waals surface area contributed by atoms with Crippen molar-refractivity contribution in [1.29, 1.82) is 0 Å². The highest BCUT2D eigenvalue weighted by molar-refractivity contribution is 5.58. The van der Waals surface area contributed by atoms with E-state index in [1.54, 1.807) is 0 Å². The van der Waals surface area contributed by atoms with E-state index in [4.69, 9.17) is 11.5 Å². The molecule has 14 heavy (non-hydrogen) atoms. The average molecular weight is 193 g/mol. The minimum atomic E-state index is -0.187. The van der Waals surface area contributed by atoms with Gasteiger partial charge >= 0.3 is 0 Å². The molecule has 0 amide bonds. The average Bonchev–Trinajstić information content (AvgIpc) is 2.70. The molecule has 0 bridgehead atoms. The molecular weight excluding hydrogens is 174 g/mol. The van der Waals surface area contributed by atoms with Crippen molar-refractivity contribution in [3.63, 3.8) is 0 Å². The summed E-state index contributed by atoms with van der Waals surface area (Å²) < 4.78 is 0. The molecule has 3 heteroatoms. The molecule has 78 valence electrons. The molecule has 1 saturated carbocycles. The first-order valence-corrected chi connectivity index (χ1v) is 5.17. The molecule has 2 aliphatic carbocycles. The third kappa shape index (κ3) is 1.12. The molecule has 0 radical (unpaired) electrons. The Labute approximate surface area is 85.2 Å². The number of nitrogens with one attached hydrogen (secondary N) is 1. The van der Waals surface area contributed by atoms with Crippen LogP contribution in [0.3, 0.4) is 0 Å².